The molecule has 0 unspecified atom stereocenters. The summed E-state index contributed by atoms with van der Waals surface area (Å²) in [5.74, 6) is 0.212. The Morgan fingerprint density at radius 1 is 1.23 bits per heavy atom. The molecular weight excluding hydrogens is 336 g/mol. The smallest absolute Gasteiger partial charge is 0.245 e. The fraction of sp³-hybridized carbons (Fsp3) is 0.579. The number of nitrogens with one attached hydrogen (secondary N) is 1. The topological polar surface area (TPSA) is 78.4 Å². The lowest BCUT2D eigenvalue weighted by Gasteiger charge is -2.20. The van der Waals surface area contributed by atoms with Crippen LogP contribution < -0.4 is 14.9 Å². The van der Waals surface area contributed by atoms with Crippen LogP contribution in [0.15, 0.2) is 23.3 Å². The van der Waals surface area contributed by atoms with Crippen molar-refractivity contribution in [3.8, 4) is 11.5 Å². The first-order valence-electron chi connectivity index (χ1n) is 8.84. The van der Waals surface area contributed by atoms with Crippen LogP contribution in [-0.2, 0) is 14.3 Å². The summed E-state index contributed by atoms with van der Waals surface area (Å²) < 4.78 is 22.4. The van der Waals surface area contributed by atoms with E-state index in [4.69, 9.17) is 18.9 Å². The first kappa shape index (κ1) is 20.2. The van der Waals surface area contributed by atoms with Crippen LogP contribution in [0.3, 0.4) is 0 Å². The van der Waals surface area contributed by atoms with Crippen molar-refractivity contribution in [2.24, 2.45) is 5.10 Å². The molecule has 2 rings (SSSR count). The summed E-state index contributed by atoms with van der Waals surface area (Å²) in [6.45, 7) is 10.5. The van der Waals surface area contributed by atoms with Gasteiger partial charge in [-0.1, -0.05) is 0 Å². The standard InChI is InChI=1S/C19H28N2O5/c1-13(2)25-16-7-6-15(17(10-16)26-14(3)4)12-20-21-18(22)11-19(5)23-8-9-24-19/h6-7,10,12-14H,8-9,11H2,1-5H3,(H,21,22)/b20-12-. The first-order chi connectivity index (χ1) is 12.3. The van der Waals surface area contributed by atoms with Crippen LogP contribution in [0.4, 0.5) is 0 Å². The van der Waals surface area contributed by atoms with E-state index in [9.17, 15) is 4.79 Å². The summed E-state index contributed by atoms with van der Waals surface area (Å²) in [6, 6.07) is 5.51. The highest BCUT2D eigenvalue weighted by atomic mass is 16.7. The Morgan fingerprint density at radius 2 is 1.88 bits per heavy atom. The molecule has 7 nitrogen and oxygen atoms in total. The normalized spacial score (nSPS) is 16.4. The summed E-state index contributed by atoms with van der Waals surface area (Å²) in [5, 5.41) is 4.02. The van der Waals surface area contributed by atoms with Gasteiger partial charge < -0.3 is 18.9 Å². The van der Waals surface area contributed by atoms with Crippen molar-refractivity contribution in [3.05, 3.63) is 23.8 Å². The molecule has 1 fully saturated rings. The molecule has 0 spiro atoms. The van der Waals surface area contributed by atoms with Gasteiger partial charge in [-0.05, 0) is 46.8 Å². The fourth-order valence-corrected chi connectivity index (χ4v) is 2.49. The predicted octanol–water partition coefficient (Wildman–Crippen LogP) is 2.86. The van der Waals surface area contributed by atoms with Gasteiger partial charge in [0, 0.05) is 11.6 Å². The molecule has 1 saturated heterocycles. The lowest BCUT2D eigenvalue weighted by Crippen LogP contribution is -2.33. The summed E-state index contributed by atoms with van der Waals surface area (Å²) in [5.41, 5.74) is 3.24. The van der Waals surface area contributed by atoms with Gasteiger partial charge in [0.25, 0.3) is 0 Å². The van der Waals surface area contributed by atoms with Crippen LogP contribution in [0.25, 0.3) is 0 Å². The molecule has 26 heavy (non-hydrogen) atoms. The number of hydrogen-bond acceptors (Lipinski definition) is 6. The van der Waals surface area contributed by atoms with Crippen LogP contribution in [-0.4, -0.2) is 43.3 Å². The van der Waals surface area contributed by atoms with Crippen LogP contribution in [0.1, 0.15) is 46.6 Å². The van der Waals surface area contributed by atoms with Gasteiger partial charge in [-0.25, -0.2) is 5.43 Å². The second-order valence-electron chi connectivity index (χ2n) is 6.83. The Hall–Kier alpha value is -2.12. The Morgan fingerprint density at radius 3 is 2.50 bits per heavy atom. The molecule has 0 saturated carbocycles. The monoisotopic (exact) mass is 364 g/mol. The largest absolute Gasteiger partial charge is 0.491 e. The van der Waals surface area contributed by atoms with Gasteiger partial charge in [0.05, 0.1) is 38.1 Å². The third kappa shape index (κ3) is 6.31. The van der Waals surface area contributed by atoms with Gasteiger partial charge in [-0.3, -0.25) is 4.79 Å². The van der Waals surface area contributed by atoms with Gasteiger partial charge in [0.1, 0.15) is 11.5 Å². The van der Waals surface area contributed by atoms with E-state index in [1.54, 1.807) is 13.1 Å². The Labute approximate surface area is 154 Å². The number of rotatable bonds is 8. The molecular formula is C19H28N2O5. The zero-order chi connectivity index (χ0) is 19.2. The van der Waals surface area contributed by atoms with E-state index >= 15 is 0 Å². The molecule has 1 aliphatic rings. The van der Waals surface area contributed by atoms with Crippen molar-refractivity contribution >= 4 is 12.1 Å². The molecule has 0 aromatic heterocycles. The van der Waals surface area contributed by atoms with Crippen molar-refractivity contribution in [1.29, 1.82) is 0 Å². The SMILES string of the molecule is CC(C)Oc1ccc(/C=N\NC(=O)CC2(C)OCCO2)c(OC(C)C)c1. The van der Waals surface area contributed by atoms with Gasteiger partial charge in [0.15, 0.2) is 5.79 Å². The highest BCUT2D eigenvalue weighted by Gasteiger charge is 2.33. The Bertz CT molecular complexity index is 637. The molecule has 1 aliphatic heterocycles. The highest BCUT2D eigenvalue weighted by molar-refractivity contribution is 5.85. The minimum atomic E-state index is -0.874. The molecule has 1 aromatic carbocycles. The number of nitrogens with zero attached hydrogens (tertiary/aromatic N) is 1. The number of hydrazone groups is 1. The van der Waals surface area contributed by atoms with Crippen LogP contribution in [0.5, 0.6) is 11.5 Å². The lowest BCUT2D eigenvalue weighted by atomic mass is 10.2. The lowest BCUT2D eigenvalue weighted by molar-refractivity contribution is -0.159. The molecule has 0 atom stereocenters. The average molecular weight is 364 g/mol. The summed E-state index contributed by atoms with van der Waals surface area (Å²) in [6.07, 6.45) is 1.71. The second kappa shape index (κ2) is 9.00. The van der Waals surface area contributed by atoms with E-state index in [1.165, 1.54) is 0 Å². The second-order valence-corrected chi connectivity index (χ2v) is 6.83. The molecule has 144 valence electrons. The molecule has 0 radical (unpaired) electrons. The molecule has 7 heteroatoms. The quantitative estimate of drug-likeness (QED) is 0.567. The van der Waals surface area contributed by atoms with E-state index in [-0.39, 0.29) is 24.5 Å². The number of carbonyl (C=O) groups excluding carboxylic acids is 1. The number of amides is 1. The number of ether oxygens (including phenoxy) is 4. The van der Waals surface area contributed by atoms with Crippen molar-refractivity contribution in [2.45, 2.75) is 59.0 Å². The maximum Gasteiger partial charge on any atom is 0.245 e. The maximum atomic E-state index is 12.0. The molecule has 0 aliphatic carbocycles. The van der Waals surface area contributed by atoms with Crippen LogP contribution >= 0.6 is 0 Å². The minimum Gasteiger partial charge on any atom is -0.491 e. The van der Waals surface area contributed by atoms with E-state index in [2.05, 4.69) is 10.5 Å². The zero-order valence-corrected chi connectivity index (χ0v) is 16.1. The predicted molar refractivity (Wildman–Crippen MR) is 98.6 cm³/mol. The van der Waals surface area contributed by atoms with Gasteiger partial charge in [-0.15, -0.1) is 0 Å². The number of hydrogen-bond donors (Lipinski definition) is 1. The molecule has 1 N–H and O–H groups in total. The van der Waals surface area contributed by atoms with E-state index < -0.39 is 5.79 Å². The van der Waals surface area contributed by atoms with Crippen molar-refractivity contribution < 1.29 is 23.7 Å². The third-order valence-electron chi connectivity index (χ3n) is 3.49. The average Bonchev–Trinajstić information content (AvgIpc) is 2.94. The van der Waals surface area contributed by atoms with E-state index in [1.807, 2.05) is 45.9 Å². The van der Waals surface area contributed by atoms with Gasteiger partial charge in [0.2, 0.25) is 5.91 Å². The van der Waals surface area contributed by atoms with E-state index in [0.717, 1.165) is 11.3 Å². The molecule has 1 amide bonds. The fourth-order valence-electron chi connectivity index (χ4n) is 2.49. The first-order valence-corrected chi connectivity index (χ1v) is 8.84. The molecule has 0 bridgehead atoms. The Kier molecular flexibility index (Phi) is 6.99. The van der Waals surface area contributed by atoms with Crippen molar-refractivity contribution in [2.75, 3.05) is 13.2 Å². The molecule has 1 heterocycles. The van der Waals surface area contributed by atoms with Crippen LogP contribution in [0, 0.1) is 0 Å². The molecule has 1 aromatic rings. The zero-order valence-electron chi connectivity index (χ0n) is 16.1. The highest BCUT2D eigenvalue weighted by Crippen LogP contribution is 2.26. The summed E-state index contributed by atoms with van der Waals surface area (Å²) in [7, 11) is 0. The Balaban J connectivity index is 2.01. The summed E-state index contributed by atoms with van der Waals surface area (Å²) in [4.78, 5) is 12.0. The summed E-state index contributed by atoms with van der Waals surface area (Å²) >= 11 is 0. The van der Waals surface area contributed by atoms with Crippen molar-refractivity contribution in [3.63, 3.8) is 0 Å². The van der Waals surface area contributed by atoms with E-state index in [0.29, 0.717) is 19.0 Å². The third-order valence-corrected chi connectivity index (χ3v) is 3.49. The minimum absolute atomic E-state index is 0.00246. The number of carbonyl (C=O) groups is 1. The van der Waals surface area contributed by atoms with Gasteiger partial charge in [-0.2, -0.15) is 5.10 Å². The maximum absolute atomic E-state index is 12.0. The number of benzene rings is 1. The van der Waals surface area contributed by atoms with Crippen LogP contribution in [0.2, 0.25) is 0 Å². The van der Waals surface area contributed by atoms with Crippen molar-refractivity contribution in [1.82, 2.24) is 5.43 Å². The van der Waals surface area contributed by atoms with Gasteiger partial charge >= 0.3 is 0 Å².